The molecule has 24 heavy (non-hydrogen) atoms. The van der Waals surface area contributed by atoms with Crippen LogP contribution in [0.2, 0.25) is 0 Å². The van der Waals surface area contributed by atoms with Crippen LogP contribution >= 0.6 is 0 Å². The highest BCUT2D eigenvalue weighted by Crippen LogP contribution is 2.25. The second kappa shape index (κ2) is 6.88. The molecule has 0 amide bonds. The standard InChI is InChI=1S/C15H23N5O4/c1-2-3-4-5-19-8-20(11-6-9(22)10(7-21)24-11)13-12(19)14(23)18-15(16)17-13/h8-11,21-22H,2-7H2,1H3,(H2-,16,17,18,23)/p+1/t9-,10+,11+/m0/s1. The summed E-state index contributed by atoms with van der Waals surface area (Å²) in [4.78, 5) is 19.1. The summed E-state index contributed by atoms with van der Waals surface area (Å²) in [7, 11) is 0. The smallest absolute Gasteiger partial charge is 0.313 e. The highest BCUT2D eigenvalue weighted by atomic mass is 16.5. The molecule has 0 radical (unpaired) electrons. The van der Waals surface area contributed by atoms with Gasteiger partial charge in [-0.2, -0.15) is 0 Å². The lowest BCUT2D eigenvalue weighted by Gasteiger charge is -2.10. The molecule has 2 aromatic rings. The Morgan fingerprint density at radius 1 is 1.54 bits per heavy atom. The number of nitrogen functional groups attached to an aromatic ring is 1. The summed E-state index contributed by atoms with van der Waals surface area (Å²) in [5.41, 5.74) is 6.24. The van der Waals surface area contributed by atoms with Gasteiger partial charge in [-0.15, -0.1) is 0 Å². The number of aryl methyl sites for hydroxylation is 1. The van der Waals surface area contributed by atoms with Crippen molar-refractivity contribution in [3.63, 3.8) is 0 Å². The molecule has 0 unspecified atom stereocenters. The maximum absolute atomic E-state index is 12.3. The predicted octanol–water partition coefficient (Wildman–Crippen LogP) is -0.575. The molecule has 5 N–H and O–H groups in total. The van der Waals surface area contributed by atoms with E-state index in [1.807, 2.05) is 4.57 Å². The zero-order valence-corrected chi connectivity index (χ0v) is 13.7. The van der Waals surface area contributed by atoms with Gasteiger partial charge in [0.1, 0.15) is 6.10 Å². The molecule has 1 aliphatic heterocycles. The van der Waals surface area contributed by atoms with E-state index in [1.165, 1.54) is 0 Å². The lowest BCUT2D eigenvalue weighted by Crippen LogP contribution is -2.39. The van der Waals surface area contributed by atoms with Crippen molar-refractivity contribution >= 4 is 17.1 Å². The van der Waals surface area contributed by atoms with Crippen LogP contribution in [-0.4, -0.2) is 43.6 Å². The highest BCUT2D eigenvalue weighted by Gasteiger charge is 2.38. The lowest BCUT2D eigenvalue weighted by atomic mass is 10.2. The number of aromatic amines is 1. The fourth-order valence-corrected chi connectivity index (χ4v) is 3.14. The minimum Gasteiger partial charge on any atom is -0.394 e. The van der Waals surface area contributed by atoms with Gasteiger partial charge >= 0.3 is 5.65 Å². The molecule has 9 heteroatoms. The van der Waals surface area contributed by atoms with Crippen LogP contribution in [0, 0.1) is 0 Å². The zero-order valence-electron chi connectivity index (χ0n) is 13.7. The van der Waals surface area contributed by atoms with Gasteiger partial charge in [-0.25, -0.2) is 4.57 Å². The summed E-state index contributed by atoms with van der Waals surface area (Å²) in [6.45, 7) is 2.54. The Kier molecular flexibility index (Phi) is 4.83. The SMILES string of the molecule is CCCCCn1c[n+]([C@H]2C[C@H](O)[C@@H](CO)O2)c2nc(N)[nH]c(=O)c21. The quantitative estimate of drug-likeness (QED) is 0.412. The van der Waals surface area contributed by atoms with Gasteiger partial charge in [0.2, 0.25) is 5.52 Å². The molecule has 3 rings (SSSR count). The van der Waals surface area contributed by atoms with Gasteiger partial charge in [0, 0.05) is 6.42 Å². The van der Waals surface area contributed by atoms with E-state index in [-0.39, 0.29) is 18.1 Å². The van der Waals surface area contributed by atoms with Gasteiger partial charge in [0.15, 0.2) is 12.6 Å². The minimum absolute atomic E-state index is 0.0322. The van der Waals surface area contributed by atoms with Gasteiger partial charge in [-0.3, -0.25) is 14.3 Å². The maximum atomic E-state index is 12.3. The number of nitrogens with one attached hydrogen (secondary N) is 1. The normalized spacial score (nSPS) is 24.0. The van der Waals surface area contributed by atoms with Crippen LogP contribution in [0.15, 0.2) is 11.1 Å². The molecule has 1 fully saturated rings. The number of imidazole rings is 1. The van der Waals surface area contributed by atoms with E-state index in [4.69, 9.17) is 10.5 Å². The number of hydrogen-bond acceptors (Lipinski definition) is 6. The number of hydrogen-bond donors (Lipinski definition) is 4. The molecular formula is C15H24N5O4+. The Morgan fingerprint density at radius 2 is 2.33 bits per heavy atom. The van der Waals surface area contributed by atoms with Gasteiger partial charge < -0.3 is 20.7 Å². The Labute approximate surface area is 138 Å². The fraction of sp³-hybridized carbons (Fsp3) is 0.667. The van der Waals surface area contributed by atoms with Crippen molar-refractivity contribution in [3.8, 4) is 0 Å². The molecule has 1 aliphatic rings. The number of aliphatic hydroxyl groups is 2. The Hall–Kier alpha value is -1.97. The predicted molar refractivity (Wildman–Crippen MR) is 86.1 cm³/mol. The number of anilines is 1. The van der Waals surface area contributed by atoms with Crippen molar-refractivity contribution in [2.24, 2.45) is 0 Å². The van der Waals surface area contributed by atoms with E-state index in [9.17, 15) is 15.0 Å². The lowest BCUT2D eigenvalue weighted by molar-refractivity contribution is -0.739. The van der Waals surface area contributed by atoms with Crippen molar-refractivity contribution in [1.82, 2.24) is 14.5 Å². The number of aromatic nitrogens is 4. The van der Waals surface area contributed by atoms with Crippen molar-refractivity contribution in [1.29, 1.82) is 0 Å². The molecule has 0 bridgehead atoms. The largest absolute Gasteiger partial charge is 0.394 e. The van der Waals surface area contributed by atoms with E-state index in [0.29, 0.717) is 24.1 Å². The molecule has 0 aromatic carbocycles. The molecule has 1 saturated heterocycles. The number of H-pyrrole nitrogens is 1. The van der Waals surface area contributed by atoms with Crippen molar-refractivity contribution in [2.75, 3.05) is 12.3 Å². The van der Waals surface area contributed by atoms with Gasteiger partial charge in [-0.1, -0.05) is 24.7 Å². The monoisotopic (exact) mass is 338 g/mol. The van der Waals surface area contributed by atoms with Crippen LogP contribution in [0.3, 0.4) is 0 Å². The molecule has 132 valence electrons. The molecule has 3 atom stereocenters. The third-order valence-electron chi connectivity index (χ3n) is 4.39. The fourth-order valence-electron chi connectivity index (χ4n) is 3.14. The number of rotatable bonds is 6. The van der Waals surface area contributed by atoms with E-state index in [1.54, 1.807) is 10.9 Å². The zero-order chi connectivity index (χ0) is 17.3. The molecular weight excluding hydrogens is 314 g/mol. The molecule has 0 spiro atoms. The highest BCUT2D eigenvalue weighted by molar-refractivity contribution is 5.67. The van der Waals surface area contributed by atoms with Crippen LogP contribution in [-0.2, 0) is 11.3 Å². The van der Waals surface area contributed by atoms with E-state index < -0.39 is 18.4 Å². The van der Waals surface area contributed by atoms with E-state index in [2.05, 4.69) is 16.9 Å². The van der Waals surface area contributed by atoms with Gasteiger partial charge in [0.05, 0.1) is 19.3 Å². The first-order valence-corrected chi connectivity index (χ1v) is 8.29. The molecule has 0 aliphatic carbocycles. The van der Waals surface area contributed by atoms with Crippen LogP contribution in [0.1, 0.15) is 38.8 Å². The summed E-state index contributed by atoms with van der Waals surface area (Å²) < 4.78 is 9.25. The topological polar surface area (TPSA) is 130 Å². The number of aliphatic hydroxyl groups excluding tert-OH is 2. The summed E-state index contributed by atoms with van der Waals surface area (Å²) in [5, 5.41) is 19.2. The van der Waals surface area contributed by atoms with Crippen LogP contribution in [0.4, 0.5) is 5.95 Å². The average Bonchev–Trinajstić information content (AvgIpc) is 3.08. The average molecular weight is 338 g/mol. The van der Waals surface area contributed by atoms with Crippen molar-refractivity contribution in [2.45, 2.75) is 57.6 Å². The molecule has 0 saturated carbocycles. The first-order valence-electron chi connectivity index (χ1n) is 8.29. The number of nitrogens with zero attached hydrogens (tertiary/aromatic N) is 3. The minimum atomic E-state index is -0.759. The molecule has 9 nitrogen and oxygen atoms in total. The van der Waals surface area contributed by atoms with E-state index >= 15 is 0 Å². The number of fused-ring (bicyclic) bond motifs is 1. The summed E-state index contributed by atoms with van der Waals surface area (Å²) in [6, 6.07) is 0. The summed E-state index contributed by atoms with van der Waals surface area (Å²) >= 11 is 0. The Bertz CT molecular complexity index is 771. The van der Waals surface area contributed by atoms with Gasteiger partial charge in [0.25, 0.3) is 11.5 Å². The van der Waals surface area contributed by atoms with Gasteiger partial charge in [-0.05, 0) is 6.42 Å². The Balaban J connectivity index is 2.03. The maximum Gasteiger partial charge on any atom is 0.313 e. The Morgan fingerprint density at radius 3 is 3.00 bits per heavy atom. The van der Waals surface area contributed by atoms with Crippen molar-refractivity contribution in [3.05, 3.63) is 16.7 Å². The van der Waals surface area contributed by atoms with Crippen molar-refractivity contribution < 1.29 is 19.5 Å². The van der Waals surface area contributed by atoms with Crippen LogP contribution in [0.5, 0.6) is 0 Å². The summed E-state index contributed by atoms with van der Waals surface area (Å²) in [6.07, 6.45) is 3.28. The number of unbranched alkanes of at least 4 members (excludes halogenated alkanes) is 2. The van der Waals surface area contributed by atoms with Crippen LogP contribution < -0.4 is 15.9 Å². The third kappa shape index (κ3) is 3.02. The summed E-state index contributed by atoms with van der Waals surface area (Å²) in [5.74, 6) is 0.0322. The molecule has 2 aromatic heterocycles. The van der Waals surface area contributed by atoms with Crippen LogP contribution in [0.25, 0.3) is 11.2 Å². The second-order valence-electron chi connectivity index (χ2n) is 6.16. The van der Waals surface area contributed by atoms with E-state index in [0.717, 1.165) is 19.3 Å². The third-order valence-corrected chi connectivity index (χ3v) is 4.39. The number of nitrogens with two attached hydrogens (primary N) is 1. The second-order valence-corrected chi connectivity index (χ2v) is 6.16. The number of ether oxygens (including phenoxy) is 1. The first-order chi connectivity index (χ1) is 11.5. The first kappa shape index (κ1) is 16.9. The molecule has 3 heterocycles.